The predicted molar refractivity (Wildman–Crippen MR) is 20.0 cm³/mol. The van der Waals surface area contributed by atoms with E-state index in [1.54, 1.807) is 0 Å². The van der Waals surface area contributed by atoms with Gasteiger partial charge in [0.1, 0.15) is 0 Å². The summed E-state index contributed by atoms with van der Waals surface area (Å²) < 4.78 is 0. The van der Waals surface area contributed by atoms with Gasteiger partial charge in [0.25, 0.3) is 0 Å². The predicted octanol–water partition coefficient (Wildman–Crippen LogP) is -7.03. The van der Waals surface area contributed by atoms with Crippen molar-refractivity contribution >= 4 is 23.9 Å². The van der Waals surface area contributed by atoms with Crippen molar-refractivity contribution in [2.75, 3.05) is 0 Å². The van der Waals surface area contributed by atoms with E-state index in [0.29, 0.717) is 0 Å². The van der Waals surface area contributed by atoms with E-state index >= 15 is 0 Å². The van der Waals surface area contributed by atoms with Crippen LogP contribution in [-0.4, -0.2) is 23.9 Å². The van der Waals surface area contributed by atoms with Gasteiger partial charge >= 0.3 is 39.9 Å². The smallest absolute Gasteiger partial charge is 0.543 e. The summed E-state index contributed by atoms with van der Waals surface area (Å²) >= 11 is 0. The molecule has 0 aliphatic heterocycles. The van der Waals surface area contributed by atoms with Crippen molar-refractivity contribution in [1.29, 1.82) is 0 Å². The molecule has 0 N–H and O–H groups in total. The molecule has 0 amide bonds. The molecule has 0 aromatic rings. The Morgan fingerprint density at radius 1 is 0.571 bits per heavy atom. The summed E-state index contributed by atoms with van der Waals surface area (Å²) in [5, 5.41) is 35.7. The first-order valence-corrected chi connectivity index (χ1v) is 2.13. The summed E-state index contributed by atoms with van der Waals surface area (Å²) in [6, 6.07) is 0. The van der Waals surface area contributed by atoms with Gasteiger partial charge in [-0.2, -0.15) is 0 Å². The van der Waals surface area contributed by atoms with E-state index in [2.05, 4.69) is 0 Å². The van der Waals surface area contributed by atoms with Gasteiger partial charge in [-0.25, -0.2) is 0 Å². The number of hydrogen-bond donors (Lipinski definition) is 0. The van der Waals surface area contributed by atoms with Crippen LogP contribution in [0, 0.1) is 69.1 Å². The van der Waals surface area contributed by atoms with Crippen LogP contribution in [0.15, 0.2) is 0 Å². The fraction of sp³-hybridized carbons (Fsp3) is 0. The monoisotopic (exact) mass is 646 g/mol. The standard InChI is InChI=1S/2C2H2O4.Pu.Th/c2*3-1(4)2(5)6;;/h2*(H,3,4)(H,5,6);;/q;;;+4/p-4. The number of hydrogen-bond acceptors (Lipinski definition) is 8. The minimum Gasteiger partial charge on any atom is -0.543 e. The summed E-state index contributed by atoms with van der Waals surface area (Å²) in [6.07, 6.45) is 0. The Kier molecular flexibility index (Phi) is 22.4. The van der Waals surface area contributed by atoms with Gasteiger partial charge in [0, 0.05) is 29.2 Å². The van der Waals surface area contributed by atoms with E-state index in [1.807, 2.05) is 0 Å². The molecule has 8 nitrogen and oxygen atoms in total. The van der Waals surface area contributed by atoms with E-state index in [4.69, 9.17) is 39.6 Å². The zero-order valence-corrected chi connectivity index (χ0v) is 13.7. The Labute approximate surface area is 131 Å². The molecule has 14 heavy (non-hydrogen) atoms. The molecule has 10 heteroatoms. The van der Waals surface area contributed by atoms with Crippen LogP contribution in [0.3, 0.4) is 0 Å². The largest absolute Gasteiger partial charge is 4.00 e. The average molecular weight is 652 g/mol. The van der Waals surface area contributed by atoms with Crippen LogP contribution in [0.2, 0.25) is 0 Å². The van der Waals surface area contributed by atoms with Crippen molar-refractivity contribution in [3.05, 3.63) is 0 Å². The fourth-order valence-corrected chi connectivity index (χ4v) is 0. The van der Waals surface area contributed by atoms with Gasteiger partial charge in [-0.1, -0.05) is 0 Å². The molecule has 0 rings (SSSR count). The minimum atomic E-state index is -2.19. The number of aliphatic carboxylic acids is 4. The third kappa shape index (κ3) is 22.8. The molecule has 0 fully saturated rings. The maximum absolute atomic E-state index is 8.93. The van der Waals surface area contributed by atoms with Gasteiger partial charge in [0.15, 0.2) is 0 Å². The molecular weight excluding hydrogens is 652 g/mol. The molecule has 0 heterocycles. The number of rotatable bonds is 0. The van der Waals surface area contributed by atoms with Crippen LogP contribution >= 0.6 is 0 Å². The van der Waals surface area contributed by atoms with Crippen LogP contribution < -0.4 is 20.4 Å². The van der Waals surface area contributed by atoms with Gasteiger partial charge in [0.2, 0.25) is 0 Å². The zero-order valence-electron chi connectivity index (χ0n) is 6.17. The Balaban J connectivity index is -0.0000000625. The molecular formula is C4O8PuTh. The second-order valence-corrected chi connectivity index (χ2v) is 1.15. The van der Waals surface area contributed by atoms with E-state index in [0.717, 1.165) is 0 Å². The molecule has 0 bridgehead atoms. The second kappa shape index (κ2) is 13.2. The van der Waals surface area contributed by atoms with E-state index in [9.17, 15) is 0 Å². The van der Waals surface area contributed by atoms with Crippen molar-refractivity contribution < 1.29 is 109 Å². The van der Waals surface area contributed by atoms with E-state index in [-0.39, 0.29) is 69.1 Å². The molecule has 0 saturated carbocycles. The molecule has 74 valence electrons. The van der Waals surface area contributed by atoms with Crippen molar-refractivity contribution in [1.82, 2.24) is 0 Å². The van der Waals surface area contributed by atoms with Crippen LogP contribution in [0.4, 0.5) is 0 Å². The molecule has 0 aliphatic carbocycles. The van der Waals surface area contributed by atoms with Gasteiger partial charge in [-0.3, -0.25) is 0 Å². The van der Waals surface area contributed by atoms with Gasteiger partial charge in [-0.05, 0) is 0 Å². The number of carboxylic acids is 4. The molecule has 0 spiro atoms. The number of carbonyl (C=O) groups excluding carboxylic acids is 4. The first-order valence-electron chi connectivity index (χ1n) is 2.13. The van der Waals surface area contributed by atoms with E-state index in [1.165, 1.54) is 0 Å². The Bertz CT molecular complexity index is 177. The zero-order chi connectivity index (χ0) is 10.3. The summed E-state index contributed by atoms with van der Waals surface area (Å²) in [5.41, 5.74) is 0. The van der Waals surface area contributed by atoms with Gasteiger partial charge in [0.05, 0.1) is 23.9 Å². The molecule has 0 unspecified atom stereocenters. The molecule has 0 aromatic carbocycles. The van der Waals surface area contributed by atoms with Crippen LogP contribution in [0.5, 0.6) is 0 Å². The summed E-state index contributed by atoms with van der Waals surface area (Å²) in [6.45, 7) is 0. The first kappa shape index (κ1) is 23.8. The van der Waals surface area contributed by atoms with Crippen molar-refractivity contribution in [2.24, 2.45) is 0 Å². The summed E-state index contributed by atoms with van der Waals surface area (Å²) in [7, 11) is 0. The number of carboxylic acid groups (broad SMARTS) is 4. The Hall–Kier alpha value is 0.192. The third-order valence-electron chi connectivity index (χ3n) is 0.333. The van der Waals surface area contributed by atoms with Gasteiger partial charge in [-0.15, -0.1) is 0 Å². The first-order chi connectivity index (χ1) is 5.29. The Morgan fingerprint density at radius 3 is 0.643 bits per heavy atom. The van der Waals surface area contributed by atoms with E-state index < -0.39 is 23.9 Å². The minimum absolute atomic E-state index is 0. The van der Waals surface area contributed by atoms with Crippen LogP contribution in [0.1, 0.15) is 0 Å². The SMILES string of the molecule is O=C([O-])C(=O)[O-].O=C([O-])C(=O)[O-].[Pu].[Th+4]. The van der Waals surface area contributed by atoms with Crippen molar-refractivity contribution in [3.63, 3.8) is 0 Å². The topological polar surface area (TPSA) is 161 Å². The van der Waals surface area contributed by atoms with Crippen molar-refractivity contribution in [3.8, 4) is 0 Å². The second-order valence-electron chi connectivity index (χ2n) is 1.15. The van der Waals surface area contributed by atoms with Crippen LogP contribution in [0.25, 0.3) is 0 Å². The molecule has 0 atom stereocenters. The molecule has 0 aromatic heterocycles. The average Bonchev–Trinajstić information content (AvgIpc) is 1.88. The summed E-state index contributed by atoms with van der Waals surface area (Å²) in [5.74, 6) is -8.74. The quantitative estimate of drug-likeness (QED) is 0.234. The Morgan fingerprint density at radius 2 is 0.643 bits per heavy atom. The molecule has 0 saturated heterocycles. The molecule has 0 aliphatic rings. The van der Waals surface area contributed by atoms with Crippen LogP contribution in [-0.2, 0) is 19.2 Å². The molecule has 0 radical (unpaired) electrons. The summed E-state index contributed by atoms with van der Waals surface area (Å²) in [4.78, 5) is 35.7. The normalized spacial score (nSPS) is 6.29. The maximum Gasteiger partial charge on any atom is 4.00 e. The third-order valence-corrected chi connectivity index (χ3v) is 0.333. The van der Waals surface area contributed by atoms with Gasteiger partial charge < -0.3 is 39.6 Å². The fourth-order valence-electron chi connectivity index (χ4n) is 0. The van der Waals surface area contributed by atoms with Crippen molar-refractivity contribution in [2.45, 2.75) is 0 Å². The maximum atomic E-state index is 8.93. The number of carbonyl (C=O) groups is 4.